The summed E-state index contributed by atoms with van der Waals surface area (Å²) in [6.07, 6.45) is 3.93. The van der Waals surface area contributed by atoms with Gasteiger partial charge in [-0.15, -0.1) is 0 Å². The summed E-state index contributed by atoms with van der Waals surface area (Å²) in [4.78, 5) is 0. The first-order chi connectivity index (χ1) is 6.34. The van der Waals surface area contributed by atoms with Gasteiger partial charge in [0.15, 0.2) is 0 Å². The average Bonchev–Trinajstić information content (AvgIpc) is 2.65. The fourth-order valence-electron chi connectivity index (χ4n) is 1.33. The molecule has 1 N–H and O–H groups in total. The lowest BCUT2D eigenvalue weighted by Crippen LogP contribution is -2.19. The minimum absolute atomic E-state index is 0.517. The van der Waals surface area contributed by atoms with Gasteiger partial charge in [0.1, 0.15) is 0 Å². The van der Waals surface area contributed by atoms with E-state index in [0.29, 0.717) is 6.04 Å². The molecule has 13 heavy (non-hydrogen) atoms. The third kappa shape index (κ3) is 3.92. The molecule has 1 atom stereocenters. The van der Waals surface area contributed by atoms with Crippen molar-refractivity contribution in [2.75, 3.05) is 6.54 Å². The van der Waals surface area contributed by atoms with Crippen molar-refractivity contribution in [2.24, 2.45) is 0 Å². The van der Waals surface area contributed by atoms with Gasteiger partial charge in [-0.3, -0.25) is 0 Å². The highest BCUT2D eigenvalue weighted by molar-refractivity contribution is 7.07. The Hall–Kier alpha value is -0.340. The second-order valence-corrected chi connectivity index (χ2v) is 4.22. The molecule has 74 valence electrons. The van der Waals surface area contributed by atoms with Crippen molar-refractivity contribution >= 4 is 11.3 Å². The molecule has 0 spiro atoms. The topological polar surface area (TPSA) is 12.0 Å². The monoisotopic (exact) mass is 197 g/mol. The second kappa shape index (κ2) is 6.17. The number of unbranched alkanes of at least 4 members (excludes halogenated alkanes) is 2. The molecule has 1 unspecified atom stereocenters. The largest absolute Gasteiger partial charge is 0.310 e. The summed E-state index contributed by atoms with van der Waals surface area (Å²) < 4.78 is 0. The second-order valence-electron chi connectivity index (χ2n) is 3.44. The zero-order valence-electron chi connectivity index (χ0n) is 8.55. The van der Waals surface area contributed by atoms with Crippen LogP contribution in [0.5, 0.6) is 0 Å². The standard InChI is InChI=1S/C11H19NS/c1-3-4-5-7-12-10(2)11-6-8-13-9-11/h6,8-10,12H,3-5,7H2,1-2H3. The van der Waals surface area contributed by atoms with Crippen LogP contribution in [0, 0.1) is 0 Å². The van der Waals surface area contributed by atoms with Crippen LogP contribution in [0.2, 0.25) is 0 Å². The van der Waals surface area contributed by atoms with Gasteiger partial charge in [0.25, 0.3) is 0 Å². The molecule has 0 saturated heterocycles. The van der Waals surface area contributed by atoms with Crippen LogP contribution < -0.4 is 5.32 Å². The minimum Gasteiger partial charge on any atom is -0.310 e. The molecule has 0 aliphatic rings. The molecule has 1 aromatic heterocycles. The molecule has 0 aliphatic heterocycles. The van der Waals surface area contributed by atoms with Crippen LogP contribution in [-0.4, -0.2) is 6.54 Å². The lowest BCUT2D eigenvalue weighted by molar-refractivity contribution is 0.545. The summed E-state index contributed by atoms with van der Waals surface area (Å²) in [6.45, 7) is 5.61. The Morgan fingerprint density at radius 2 is 2.31 bits per heavy atom. The number of nitrogens with one attached hydrogen (secondary N) is 1. The van der Waals surface area contributed by atoms with Gasteiger partial charge in [-0.2, -0.15) is 11.3 Å². The Morgan fingerprint density at radius 3 is 2.92 bits per heavy atom. The fraction of sp³-hybridized carbons (Fsp3) is 0.636. The summed E-state index contributed by atoms with van der Waals surface area (Å²) >= 11 is 1.77. The predicted octanol–water partition coefficient (Wildman–Crippen LogP) is 3.59. The first-order valence-electron chi connectivity index (χ1n) is 5.10. The smallest absolute Gasteiger partial charge is 0.0300 e. The summed E-state index contributed by atoms with van der Waals surface area (Å²) in [5.41, 5.74) is 1.42. The highest BCUT2D eigenvalue weighted by Crippen LogP contribution is 2.15. The summed E-state index contributed by atoms with van der Waals surface area (Å²) in [5.74, 6) is 0. The number of rotatable bonds is 6. The van der Waals surface area contributed by atoms with E-state index in [-0.39, 0.29) is 0 Å². The van der Waals surface area contributed by atoms with Crippen molar-refractivity contribution < 1.29 is 0 Å². The SMILES string of the molecule is CCCCCNC(C)c1ccsc1. The Bertz CT molecular complexity index is 206. The summed E-state index contributed by atoms with van der Waals surface area (Å²) in [7, 11) is 0. The van der Waals surface area contributed by atoms with Crippen LogP contribution in [-0.2, 0) is 0 Å². The van der Waals surface area contributed by atoms with Crippen LogP contribution in [0.4, 0.5) is 0 Å². The molecular weight excluding hydrogens is 178 g/mol. The molecule has 0 radical (unpaired) electrons. The molecule has 0 amide bonds. The van der Waals surface area contributed by atoms with E-state index in [1.54, 1.807) is 11.3 Å². The highest BCUT2D eigenvalue weighted by Gasteiger charge is 2.02. The molecule has 0 aliphatic carbocycles. The fourth-order valence-corrected chi connectivity index (χ4v) is 2.09. The Balaban J connectivity index is 2.15. The van der Waals surface area contributed by atoms with Crippen LogP contribution >= 0.6 is 11.3 Å². The third-order valence-corrected chi connectivity index (χ3v) is 2.98. The maximum atomic E-state index is 3.53. The molecule has 1 heterocycles. The van der Waals surface area contributed by atoms with Crippen molar-refractivity contribution in [3.8, 4) is 0 Å². The van der Waals surface area contributed by atoms with Gasteiger partial charge >= 0.3 is 0 Å². The van der Waals surface area contributed by atoms with E-state index in [9.17, 15) is 0 Å². The third-order valence-electron chi connectivity index (χ3n) is 2.27. The number of thiophene rings is 1. The van der Waals surface area contributed by atoms with Crippen LogP contribution in [0.3, 0.4) is 0 Å². The molecule has 1 nitrogen and oxygen atoms in total. The summed E-state index contributed by atoms with van der Waals surface area (Å²) in [5, 5.41) is 7.88. The van der Waals surface area contributed by atoms with Crippen LogP contribution in [0.25, 0.3) is 0 Å². The van der Waals surface area contributed by atoms with E-state index in [0.717, 1.165) is 6.54 Å². The first-order valence-corrected chi connectivity index (χ1v) is 6.04. The lowest BCUT2D eigenvalue weighted by atomic mass is 10.2. The molecule has 1 rings (SSSR count). The van der Waals surface area contributed by atoms with E-state index in [1.807, 2.05) is 0 Å². The highest BCUT2D eigenvalue weighted by atomic mass is 32.1. The normalized spacial score (nSPS) is 13.1. The first kappa shape index (κ1) is 10.7. The summed E-state index contributed by atoms with van der Waals surface area (Å²) in [6, 6.07) is 2.71. The average molecular weight is 197 g/mol. The predicted molar refractivity (Wildman–Crippen MR) is 60.3 cm³/mol. The van der Waals surface area contributed by atoms with E-state index < -0.39 is 0 Å². The Labute approximate surface area is 85.2 Å². The van der Waals surface area contributed by atoms with Gasteiger partial charge in [0.2, 0.25) is 0 Å². The quantitative estimate of drug-likeness (QED) is 0.687. The van der Waals surface area contributed by atoms with E-state index in [4.69, 9.17) is 0 Å². The van der Waals surface area contributed by atoms with Gasteiger partial charge in [-0.1, -0.05) is 19.8 Å². The van der Waals surface area contributed by atoms with Crippen molar-refractivity contribution in [3.63, 3.8) is 0 Å². The molecule has 0 bridgehead atoms. The van der Waals surface area contributed by atoms with Gasteiger partial charge in [-0.05, 0) is 42.3 Å². The maximum Gasteiger partial charge on any atom is 0.0300 e. The lowest BCUT2D eigenvalue weighted by Gasteiger charge is -2.11. The number of hydrogen-bond donors (Lipinski definition) is 1. The molecular formula is C11H19NS. The van der Waals surface area contributed by atoms with Crippen molar-refractivity contribution in [3.05, 3.63) is 22.4 Å². The van der Waals surface area contributed by atoms with Gasteiger partial charge in [0, 0.05) is 6.04 Å². The zero-order valence-corrected chi connectivity index (χ0v) is 9.36. The minimum atomic E-state index is 0.517. The Kier molecular flexibility index (Phi) is 5.09. The van der Waals surface area contributed by atoms with Gasteiger partial charge in [0.05, 0.1) is 0 Å². The van der Waals surface area contributed by atoms with Crippen molar-refractivity contribution in [1.82, 2.24) is 5.32 Å². The molecule has 2 heteroatoms. The van der Waals surface area contributed by atoms with Gasteiger partial charge in [-0.25, -0.2) is 0 Å². The van der Waals surface area contributed by atoms with Crippen LogP contribution in [0.1, 0.15) is 44.7 Å². The molecule has 1 aromatic rings. The van der Waals surface area contributed by atoms with E-state index >= 15 is 0 Å². The molecule has 0 fully saturated rings. The maximum absolute atomic E-state index is 3.53. The molecule has 0 aromatic carbocycles. The zero-order chi connectivity index (χ0) is 9.52. The molecule has 0 saturated carbocycles. The van der Waals surface area contributed by atoms with Crippen molar-refractivity contribution in [1.29, 1.82) is 0 Å². The van der Waals surface area contributed by atoms with E-state index in [2.05, 4.69) is 36.0 Å². The Morgan fingerprint density at radius 1 is 1.46 bits per heavy atom. The number of hydrogen-bond acceptors (Lipinski definition) is 2. The van der Waals surface area contributed by atoms with E-state index in [1.165, 1.54) is 24.8 Å². The van der Waals surface area contributed by atoms with Crippen LogP contribution in [0.15, 0.2) is 16.8 Å². The van der Waals surface area contributed by atoms with Gasteiger partial charge < -0.3 is 5.32 Å². The van der Waals surface area contributed by atoms with Crippen molar-refractivity contribution in [2.45, 2.75) is 39.2 Å².